The number of rotatable bonds is 5. The molecule has 1 heterocycles. The van der Waals surface area contributed by atoms with Gasteiger partial charge in [-0.1, -0.05) is 36.6 Å². The zero-order chi connectivity index (χ0) is 18.0. The third kappa shape index (κ3) is 3.03. The number of hydrogen-bond acceptors (Lipinski definition) is 5. The molecule has 1 saturated carbocycles. The van der Waals surface area contributed by atoms with Crippen molar-refractivity contribution in [1.82, 2.24) is 20.2 Å². The molecule has 1 fully saturated rings. The van der Waals surface area contributed by atoms with E-state index in [4.69, 9.17) is 4.74 Å². The molecular weight excluding hydrogens is 326 g/mol. The molecular formula is C20H23N5O. The van der Waals surface area contributed by atoms with Crippen LogP contribution in [0, 0.1) is 6.92 Å². The molecule has 2 aromatic carbocycles. The number of hydrogen-bond donors (Lipinski definition) is 1. The van der Waals surface area contributed by atoms with Gasteiger partial charge in [0.1, 0.15) is 5.75 Å². The van der Waals surface area contributed by atoms with Gasteiger partial charge in [-0.15, -0.1) is 5.10 Å². The Balaban J connectivity index is 1.73. The summed E-state index contributed by atoms with van der Waals surface area (Å²) in [5.41, 5.74) is 2.94. The number of ether oxygens (including phenoxy) is 1. The molecule has 0 bridgehead atoms. The first kappa shape index (κ1) is 16.6. The van der Waals surface area contributed by atoms with Gasteiger partial charge in [-0.2, -0.15) is 4.68 Å². The van der Waals surface area contributed by atoms with Crippen LogP contribution < -0.4 is 10.1 Å². The standard InChI is InChI=1S/C20H23N5O/c1-15-8-10-17(11-9-15)25-19(22-23-24-25)20(12-3-4-13-20)21-16-6-5-7-18(14-16)26-2/h5-11,14,21H,3-4,12-13H2,1-2H3. The van der Waals surface area contributed by atoms with Gasteiger partial charge in [-0.05, 0) is 54.5 Å². The van der Waals surface area contributed by atoms with Crippen molar-refractivity contribution in [2.24, 2.45) is 0 Å². The Morgan fingerprint density at radius 3 is 2.58 bits per heavy atom. The first-order valence-corrected chi connectivity index (χ1v) is 8.98. The van der Waals surface area contributed by atoms with Gasteiger partial charge in [-0.3, -0.25) is 0 Å². The highest BCUT2D eigenvalue weighted by molar-refractivity contribution is 5.51. The molecule has 4 rings (SSSR count). The Hall–Kier alpha value is -2.89. The van der Waals surface area contributed by atoms with Crippen LogP contribution in [0.15, 0.2) is 48.5 Å². The molecule has 26 heavy (non-hydrogen) atoms. The molecule has 134 valence electrons. The van der Waals surface area contributed by atoms with Gasteiger partial charge in [0.2, 0.25) is 0 Å². The second-order valence-corrected chi connectivity index (χ2v) is 6.90. The number of tetrazole rings is 1. The first-order valence-electron chi connectivity index (χ1n) is 8.98. The van der Waals surface area contributed by atoms with E-state index in [9.17, 15) is 0 Å². The average molecular weight is 349 g/mol. The largest absolute Gasteiger partial charge is 0.497 e. The number of nitrogens with zero attached hydrogens (tertiary/aromatic N) is 4. The summed E-state index contributed by atoms with van der Waals surface area (Å²) in [5.74, 6) is 1.70. The molecule has 0 aliphatic heterocycles. The Bertz CT molecular complexity index is 881. The molecule has 0 unspecified atom stereocenters. The monoisotopic (exact) mass is 349 g/mol. The molecule has 1 N–H and O–H groups in total. The highest BCUT2D eigenvalue weighted by Gasteiger charge is 2.40. The molecule has 0 saturated heterocycles. The maximum Gasteiger partial charge on any atom is 0.181 e. The van der Waals surface area contributed by atoms with Gasteiger partial charge < -0.3 is 10.1 Å². The van der Waals surface area contributed by atoms with Crippen molar-refractivity contribution in [3.8, 4) is 11.4 Å². The van der Waals surface area contributed by atoms with E-state index in [1.807, 2.05) is 22.9 Å². The van der Waals surface area contributed by atoms with Crippen molar-refractivity contribution in [2.45, 2.75) is 38.1 Å². The smallest absolute Gasteiger partial charge is 0.181 e. The molecule has 0 radical (unpaired) electrons. The Kier molecular flexibility index (Phi) is 4.32. The third-order valence-electron chi connectivity index (χ3n) is 5.09. The maximum absolute atomic E-state index is 5.36. The summed E-state index contributed by atoms with van der Waals surface area (Å²) >= 11 is 0. The molecule has 1 aliphatic carbocycles. The van der Waals surface area contributed by atoms with Crippen LogP contribution in [0.1, 0.15) is 37.1 Å². The van der Waals surface area contributed by atoms with Crippen molar-refractivity contribution < 1.29 is 4.74 Å². The fourth-order valence-electron chi connectivity index (χ4n) is 3.71. The highest BCUT2D eigenvalue weighted by Crippen LogP contribution is 2.41. The van der Waals surface area contributed by atoms with E-state index >= 15 is 0 Å². The summed E-state index contributed by atoms with van der Waals surface area (Å²) in [4.78, 5) is 0. The van der Waals surface area contributed by atoms with E-state index in [1.54, 1.807) is 7.11 Å². The molecule has 1 aromatic heterocycles. The molecule has 6 nitrogen and oxygen atoms in total. The van der Waals surface area contributed by atoms with Gasteiger partial charge >= 0.3 is 0 Å². The summed E-state index contributed by atoms with van der Waals surface area (Å²) in [7, 11) is 1.68. The number of benzene rings is 2. The van der Waals surface area contributed by atoms with Crippen molar-refractivity contribution in [3.63, 3.8) is 0 Å². The van der Waals surface area contributed by atoms with Gasteiger partial charge in [0, 0.05) is 11.8 Å². The lowest BCUT2D eigenvalue weighted by molar-refractivity contribution is 0.414. The number of anilines is 1. The summed E-state index contributed by atoms with van der Waals surface area (Å²) < 4.78 is 7.22. The van der Waals surface area contributed by atoms with Crippen LogP contribution in [0.4, 0.5) is 5.69 Å². The van der Waals surface area contributed by atoms with Crippen LogP contribution in [-0.2, 0) is 5.54 Å². The van der Waals surface area contributed by atoms with E-state index in [2.05, 4.69) is 58.1 Å². The lowest BCUT2D eigenvalue weighted by Gasteiger charge is -2.30. The third-order valence-corrected chi connectivity index (χ3v) is 5.09. The molecule has 6 heteroatoms. The average Bonchev–Trinajstić information content (AvgIpc) is 3.33. The zero-order valence-electron chi connectivity index (χ0n) is 15.1. The first-order chi connectivity index (χ1) is 12.7. The predicted octanol–water partition coefficient (Wildman–Crippen LogP) is 3.86. The fourth-order valence-corrected chi connectivity index (χ4v) is 3.71. The number of aryl methyl sites for hydroxylation is 1. The van der Waals surface area contributed by atoms with Crippen LogP contribution in [-0.4, -0.2) is 27.3 Å². The van der Waals surface area contributed by atoms with E-state index in [0.717, 1.165) is 48.6 Å². The maximum atomic E-state index is 5.36. The van der Waals surface area contributed by atoms with Gasteiger partial charge in [-0.25, -0.2) is 0 Å². The summed E-state index contributed by atoms with van der Waals surface area (Å²) in [6, 6.07) is 16.3. The molecule has 1 aliphatic rings. The Morgan fingerprint density at radius 1 is 1.08 bits per heavy atom. The normalized spacial score (nSPS) is 15.8. The zero-order valence-corrected chi connectivity index (χ0v) is 15.1. The minimum Gasteiger partial charge on any atom is -0.497 e. The van der Waals surface area contributed by atoms with Crippen molar-refractivity contribution in [3.05, 3.63) is 59.9 Å². The fraction of sp³-hybridized carbons (Fsp3) is 0.350. The molecule has 0 spiro atoms. The van der Waals surface area contributed by atoms with Crippen LogP contribution in [0.5, 0.6) is 5.75 Å². The Morgan fingerprint density at radius 2 is 1.85 bits per heavy atom. The molecule has 3 aromatic rings. The van der Waals surface area contributed by atoms with Gasteiger partial charge in [0.25, 0.3) is 0 Å². The molecule has 0 atom stereocenters. The second kappa shape index (κ2) is 6.78. The minimum atomic E-state index is -0.277. The lowest BCUT2D eigenvalue weighted by atomic mass is 9.95. The van der Waals surface area contributed by atoms with E-state index in [1.165, 1.54) is 5.56 Å². The van der Waals surface area contributed by atoms with Crippen LogP contribution >= 0.6 is 0 Å². The second-order valence-electron chi connectivity index (χ2n) is 6.90. The number of nitrogens with one attached hydrogen (secondary N) is 1. The van der Waals surface area contributed by atoms with Crippen LogP contribution in [0.3, 0.4) is 0 Å². The van der Waals surface area contributed by atoms with Crippen LogP contribution in [0.2, 0.25) is 0 Å². The lowest BCUT2D eigenvalue weighted by Crippen LogP contribution is -2.35. The van der Waals surface area contributed by atoms with Crippen molar-refractivity contribution in [2.75, 3.05) is 12.4 Å². The number of methoxy groups -OCH3 is 1. The number of aromatic nitrogens is 4. The van der Waals surface area contributed by atoms with Gasteiger partial charge in [0.15, 0.2) is 5.82 Å². The van der Waals surface area contributed by atoms with E-state index in [-0.39, 0.29) is 5.54 Å². The predicted molar refractivity (Wildman–Crippen MR) is 101 cm³/mol. The quantitative estimate of drug-likeness (QED) is 0.758. The SMILES string of the molecule is COc1cccc(NC2(c3nnnn3-c3ccc(C)cc3)CCCC2)c1. The Labute approximate surface area is 153 Å². The summed E-state index contributed by atoms with van der Waals surface area (Å²) in [6.07, 6.45) is 4.29. The summed E-state index contributed by atoms with van der Waals surface area (Å²) in [6.45, 7) is 2.08. The van der Waals surface area contributed by atoms with E-state index in [0.29, 0.717) is 0 Å². The van der Waals surface area contributed by atoms with E-state index < -0.39 is 0 Å². The van der Waals surface area contributed by atoms with Crippen molar-refractivity contribution >= 4 is 5.69 Å². The minimum absolute atomic E-state index is 0.277. The topological polar surface area (TPSA) is 64.9 Å². The van der Waals surface area contributed by atoms with Gasteiger partial charge in [0.05, 0.1) is 18.3 Å². The summed E-state index contributed by atoms with van der Waals surface area (Å²) in [5, 5.41) is 16.4. The van der Waals surface area contributed by atoms with Crippen molar-refractivity contribution in [1.29, 1.82) is 0 Å². The molecule has 0 amide bonds. The van der Waals surface area contributed by atoms with Crippen LogP contribution in [0.25, 0.3) is 5.69 Å². The highest BCUT2D eigenvalue weighted by atomic mass is 16.5.